The van der Waals surface area contributed by atoms with Gasteiger partial charge < -0.3 is 30.6 Å². The first-order valence-corrected chi connectivity index (χ1v) is 11.9. The molecule has 1 aliphatic heterocycles. The van der Waals surface area contributed by atoms with Gasteiger partial charge in [0.1, 0.15) is 0 Å². The maximum atomic E-state index is 14.5. The van der Waals surface area contributed by atoms with Crippen LogP contribution in [0.2, 0.25) is 5.02 Å². The van der Waals surface area contributed by atoms with Crippen LogP contribution < -0.4 is 21.1 Å². The Morgan fingerprint density at radius 3 is 2.55 bits per heavy atom. The van der Waals surface area contributed by atoms with E-state index in [1.165, 1.54) is 55.3 Å². The largest absolute Gasteiger partial charge is 0.494 e. The molecule has 13 heteroatoms. The van der Waals surface area contributed by atoms with Crippen molar-refractivity contribution in [2.45, 2.75) is 0 Å². The molecule has 4 rings (SSSR count). The standard InChI is InChI=1S/C25H25ClF2N6O4/c1-33-18(16-5-6-19(38-2)22(28)21(16)27)10-30-23(33)25(37)32-14-3-4-15(17(26)7-14)24(36)31-9-13-11-34(12-13)20(35)8-29/h3-7,10,13H,8-9,11-12,29H2,1-2H3,(H,31,36)(H,32,37). The first-order valence-electron chi connectivity index (χ1n) is 11.6. The van der Waals surface area contributed by atoms with Crippen molar-refractivity contribution in [3.63, 3.8) is 0 Å². The number of ether oxygens (including phenoxy) is 1. The average Bonchev–Trinajstić information content (AvgIpc) is 3.25. The van der Waals surface area contributed by atoms with E-state index in [1.807, 2.05) is 0 Å². The van der Waals surface area contributed by atoms with E-state index in [2.05, 4.69) is 15.6 Å². The first-order chi connectivity index (χ1) is 18.1. The van der Waals surface area contributed by atoms with Crippen LogP contribution in [0.25, 0.3) is 11.3 Å². The van der Waals surface area contributed by atoms with Crippen molar-refractivity contribution < 1.29 is 27.9 Å². The van der Waals surface area contributed by atoms with Crippen LogP contribution in [0.1, 0.15) is 21.0 Å². The molecule has 2 aromatic carbocycles. The van der Waals surface area contributed by atoms with Crippen molar-refractivity contribution in [1.29, 1.82) is 0 Å². The first kappa shape index (κ1) is 27.0. The highest BCUT2D eigenvalue weighted by atomic mass is 35.5. The van der Waals surface area contributed by atoms with Gasteiger partial charge in [-0.1, -0.05) is 11.6 Å². The number of amides is 3. The topological polar surface area (TPSA) is 132 Å². The third kappa shape index (κ3) is 5.31. The van der Waals surface area contributed by atoms with Crippen molar-refractivity contribution >= 4 is 35.0 Å². The monoisotopic (exact) mass is 546 g/mol. The summed E-state index contributed by atoms with van der Waals surface area (Å²) in [7, 11) is 2.72. The third-order valence-electron chi connectivity index (χ3n) is 6.24. The van der Waals surface area contributed by atoms with Crippen molar-refractivity contribution in [1.82, 2.24) is 19.8 Å². The Hall–Kier alpha value is -4.03. The van der Waals surface area contributed by atoms with Crippen molar-refractivity contribution in [2.24, 2.45) is 18.7 Å². The molecule has 0 radical (unpaired) electrons. The van der Waals surface area contributed by atoms with Gasteiger partial charge in [-0.25, -0.2) is 9.37 Å². The highest BCUT2D eigenvalue weighted by Crippen LogP contribution is 2.30. The van der Waals surface area contributed by atoms with Gasteiger partial charge in [-0.2, -0.15) is 4.39 Å². The zero-order chi connectivity index (χ0) is 27.6. The minimum atomic E-state index is -1.15. The van der Waals surface area contributed by atoms with Crippen LogP contribution in [-0.4, -0.2) is 65.5 Å². The lowest BCUT2D eigenvalue weighted by atomic mass is 10.00. The number of carbonyl (C=O) groups is 3. The zero-order valence-electron chi connectivity index (χ0n) is 20.6. The second-order valence-corrected chi connectivity index (χ2v) is 9.10. The molecule has 4 N–H and O–H groups in total. The number of hydrogen-bond acceptors (Lipinski definition) is 6. The highest BCUT2D eigenvalue weighted by molar-refractivity contribution is 6.34. The van der Waals surface area contributed by atoms with E-state index in [0.29, 0.717) is 25.3 Å². The number of rotatable bonds is 8. The number of halogens is 3. The van der Waals surface area contributed by atoms with Gasteiger partial charge in [-0.05, 0) is 30.3 Å². The van der Waals surface area contributed by atoms with Crippen LogP contribution in [0, 0.1) is 17.6 Å². The number of imidazole rings is 1. The van der Waals surface area contributed by atoms with Gasteiger partial charge in [0.25, 0.3) is 11.8 Å². The SMILES string of the molecule is COc1ccc(-c2cnc(C(=O)Nc3ccc(C(=O)NCC4CN(C(=O)CN)C4)c(Cl)c3)n2C)c(F)c1F. The van der Waals surface area contributed by atoms with E-state index in [0.717, 1.165) is 0 Å². The van der Waals surface area contributed by atoms with Crippen LogP contribution in [0.3, 0.4) is 0 Å². The molecule has 1 fully saturated rings. The molecule has 0 bridgehead atoms. The molecule has 0 atom stereocenters. The number of aromatic nitrogens is 2. The molecule has 0 saturated carbocycles. The van der Waals surface area contributed by atoms with E-state index in [9.17, 15) is 23.2 Å². The average molecular weight is 547 g/mol. The van der Waals surface area contributed by atoms with Gasteiger partial charge in [0.05, 0.1) is 36.1 Å². The number of methoxy groups -OCH3 is 1. The molecule has 38 heavy (non-hydrogen) atoms. The van der Waals surface area contributed by atoms with Gasteiger partial charge in [-0.3, -0.25) is 14.4 Å². The Labute approximate surface area is 221 Å². The number of likely N-dealkylation sites (tertiary alicyclic amines) is 1. The van der Waals surface area contributed by atoms with E-state index >= 15 is 0 Å². The number of benzene rings is 2. The predicted molar refractivity (Wildman–Crippen MR) is 136 cm³/mol. The summed E-state index contributed by atoms with van der Waals surface area (Å²) in [5.74, 6) is -3.58. The molecule has 1 aromatic heterocycles. The second kappa shape index (κ2) is 11.2. The molecule has 1 aliphatic rings. The van der Waals surface area contributed by atoms with E-state index in [1.54, 1.807) is 4.90 Å². The lowest BCUT2D eigenvalue weighted by Gasteiger charge is -2.39. The lowest BCUT2D eigenvalue weighted by Crippen LogP contribution is -2.55. The molecule has 10 nitrogen and oxygen atoms in total. The van der Waals surface area contributed by atoms with Gasteiger partial charge in [0, 0.05) is 43.9 Å². The Bertz CT molecular complexity index is 1410. The number of nitrogens with one attached hydrogen (secondary N) is 2. The Balaban J connectivity index is 1.40. The summed E-state index contributed by atoms with van der Waals surface area (Å²) in [6.45, 7) is 1.40. The molecule has 1 saturated heterocycles. The van der Waals surface area contributed by atoms with Crippen LogP contribution in [-0.2, 0) is 11.8 Å². The fourth-order valence-electron chi connectivity index (χ4n) is 4.09. The predicted octanol–water partition coefficient (Wildman–Crippen LogP) is 2.43. The van der Waals surface area contributed by atoms with Crippen LogP contribution in [0.15, 0.2) is 36.5 Å². The number of nitrogens with two attached hydrogens (primary N) is 1. The van der Waals surface area contributed by atoms with Gasteiger partial charge in [-0.15, -0.1) is 0 Å². The summed E-state index contributed by atoms with van der Waals surface area (Å²) in [4.78, 5) is 42.6. The molecule has 3 amide bonds. The van der Waals surface area contributed by atoms with E-state index in [-0.39, 0.29) is 57.7 Å². The second-order valence-electron chi connectivity index (χ2n) is 8.70. The fourth-order valence-corrected chi connectivity index (χ4v) is 4.35. The third-order valence-corrected chi connectivity index (χ3v) is 6.55. The van der Waals surface area contributed by atoms with E-state index < -0.39 is 17.5 Å². The molecular weight excluding hydrogens is 522 g/mol. The molecule has 0 unspecified atom stereocenters. The Morgan fingerprint density at radius 2 is 1.89 bits per heavy atom. The minimum absolute atomic E-state index is 0.0416. The molecule has 200 valence electrons. The van der Waals surface area contributed by atoms with Crippen molar-refractivity contribution in [3.05, 3.63) is 64.6 Å². The summed E-state index contributed by atoms with van der Waals surface area (Å²) in [5, 5.41) is 5.53. The van der Waals surface area contributed by atoms with Crippen molar-refractivity contribution in [2.75, 3.05) is 38.6 Å². The summed E-state index contributed by atoms with van der Waals surface area (Å²) < 4.78 is 34.8. The number of hydrogen-bond donors (Lipinski definition) is 3. The van der Waals surface area contributed by atoms with E-state index in [4.69, 9.17) is 22.1 Å². The number of carbonyl (C=O) groups excluding carboxylic acids is 3. The maximum absolute atomic E-state index is 14.5. The quantitative estimate of drug-likeness (QED) is 0.398. The normalized spacial score (nSPS) is 13.2. The minimum Gasteiger partial charge on any atom is -0.494 e. The van der Waals surface area contributed by atoms with Crippen LogP contribution in [0.5, 0.6) is 5.75 Å². The van der Waals surface area contributed by atoms with Crippen LogP contribution in [0.4, 0.5) is 14.5 Å². The van der Waals surface area contributed by atoms with Gasteiger partial charge >= 0.3 is 0 Å². The van der Waals surface area contributed by atoms with Crippen LogP contribution >= 0.6 is 11.6 Å². The smallest absolute Gasteiger partial charge is 0.291 e. The molecular formula is C25H25ClF2N6O4. The highest BCUT2D eigenvalue weighted by Gasteiger charge is 2.30. The lowest BCUT2D eigenvalue weighted by molar-refractivity contribution is -0.135. The summed E-state index contributed by atoms with van der Waals surface area (Å²) in [6, 6.07) is 7.01. The summed E-state index contributed by atoms with van der Waals surface area (Å²) in [6.07, 6.45) is 1.26. The van der Waals surface area contributed by atoms with Gasteiger partial charge in [0.2, 0.25) is 11.7 Å². The molecule has 0 aliphatic carbocycles. The molecule has 0 spiro atoms. The summed E-state index contributed by atoms with van der Waals surface area (Å²) in [5.41, 5.74) is 5.95. The zero-order valence-corrected chi connectivity index (χ0v) is 21.3. The number of anilines is 1. The Morgan fingerprint density at radius 1 is 1.16 bits per heavy atom. The molecule has 2 heterocycles. The molecule has 3 aromatic rings. The van der Waals surface area contributed by atoms with Gasteiger partial charge in [0.15, 0.2) is 17.4 Å². The Kier molecular flexibility index (Phi) is 7.93. The fraction of sp³-hybridized carbons (Fsp3) is 0.280. The maximum Gasteiger partial charge on any atom is 0.291 e. The van der Waals surface area contributed by atoms with Crippen molar-refractivity contribution in [3.8, 4) is 17.0 Å². The summed E-state index contributed by atoms with van der Waals surface area (Å²) >= 11 is 6.29. The number of nitrogens with zero attached hydrogens (tertiary/aromatic N) is 3.